The summed E-state index contributed by atoms with van der Waals surface area (Å²) in [5, 5.41) is 30.9. The molecule has 0 bridgehead atoms. The second kappa shape index (κ2) is 13.3. The predicted octanol–water partition coefficient (Wildman–Crippen LogP) is 7.01. The highest BCUT2D eigenvalue weighted by molar-refractivity contribution is 6.33. The number of phenolic OH excluding ortho intramolecular Hbond substituents is 1. The third-order valence-electron chi connectivity index (χ3n) is 11.6. The number of anilines is 2. The van der Waals surface area contributed by atoms with Crippen molar-refractivity contribution in [3.8, 4) is 11.5 Å². The number of fused-ring (bicyclic) bond motifs is 4. The summed E-state index contributed by atoms with van der Waals surface area (Å²) in [5.74, 6) is -10.5. The van der Waals surface area contributed by atoms with Gasteiger partial charge in [-0.2, -0.15) is 18.2 Å². The van der Waals surface area contributed by atoms with Gasteiger partial charge in [-0.05, 0) is 78.8 Å². The van der Waals surface area contributed by atoms with E-state index in [2.05, 4.69) is 10.4 Å². The number of alkyl halides is 3. The van der Waals surface area contributed by atoms with E-state index in [4.69, 9.17) is 23.2 Å². The summed E-state index contributed by atoms with van der Waals surface area (Å²) < 4.78 is 40.4. The summed E-state index contributed by atoms with van der Waals surface area (Å²) in [6, 6.07) is 14.9. The van der Waals surface area contributed by atoms with Gasteiger partial charge in [0.25, 0.3) is 11.8 Å². The van der Waals surface area contributed by atoms with E-state index in [0.29, 0.717) is 44.6 Å². The number of phenols is 2. The molecule has 57 heavy (non-hydrogen) atoms. The van der Waals surface area contributed by atoms with E-state index in [-0.39, 0.29) is 24.3 Å². The number of nitrogens with one attached hydrogen (secondary N) is 1. The standard InChI is InChI=1S/C40H29Cl2F3N4O8/c1-17-12-18(2-11-29(17)50)32-23-9-10-25-31(36(54)48(34(25)52)22-7-8-24(37(55)56)30(51)14-22)26(23)15-27-35(53)49(38(57)39(27,32)19-3-5-21(41)6-4-19)47-33-28(42)13-20(16-46-33)40(43,44)45/h2-9,11-14,16,25-27,31-32,50-51H,10,15H2,1H3,(H,46,47)(H,55,56). The average Bonchev–Trinajstić information content (AvgIpc) is 3.53. The Kier molecular flexibility index (Phi) is 8.89. The molecule has 2 saturated heterocycles. The van der Waals surface area contributed by atoms with Gasteiger partial charge in [0.2, 0.25) is 11.8 Å². The van der Waals surface area contributed by atoms with E-state index in [1.165, 1.54) is 12.1 Å². The first kappa shape index (κ1) is 38.0. The number of allylic oxidation sites excluding steroid dienone is 2. The summed E-state index contributed by atoms with van der Waals surface area (Å²) in [4.78, 5) is 74.9. The summed E-state index contributed by atoms with van der Waals surface area (Å²) in [6.07, 6.45) is -2.59. The zero-order chi connectivity index (χ0) is 40.9. The Labute approximate surface area is 331 Å². The lowest BCUT2D eigenvalue weighted by Gasteiger charge is -2.50. The number of aromatic hydroxyl groups is 2. The zero-order valence-electron chi connectivity index (χ0n) is 29.4. The molecular weight excluding hydrogens is 792 g/mol. The van der Waals surface area contributed by atoms with Crippen molar-refractivity contribution in [2.24, 2.45) is 23.7 Å². The van der Waals surface area contributed by atoms with Crippen molar-refractivity contribution in [2.75, 3.05) is 10.3 Å². The highest BCUT2D eigenvalue weighted by atomic mass is 35.5. The molecule has 3 heterocycles. The fraction of sp³-hybridized carbons (Fsp3) is 0.250. The van der Waals surface area contributed by atoms with Crippen molar-refractivity contribution >= 4 is 64.3 Å². The molecule has 0 radical (unpaired) electrons. The first-order valence-corrected chi connectivity index (χ1v) is 18.3. The summed E-state index contributed by atoms with van der Waals surface area (Å²) >= 11 is 12.5. The second-order valence-corrected chi connectivity index (χ2v) is 15.3. The Bertz CT molecular complexity index is 2480. The van der Waals surface area contributed by atoms with Crippen LogP contribution in [0.25, 0.3) is 0 Å². The van der Waals surface area contributed by atoms with Crippen molar-refractivity contribution in [2.45, 2.75) is 37.3 Å². The molecule has 6 unspecified atom stereocenters. The Hall–Kier alpha value is -5.93. The number of aromatic carboxylic acids is 1. The summed E-state index contributed by atoms with van der Waals surface area (Å²) in [7, 11) is 0. The third-order valence-corrected chi connectivity index (χ3v) is 12.1. The highest BCUT2D eigenvalue weighted by Gasteiger charge is 2.70. The van der Waals surface area contributed by atoms with Crippen LogP contribution in [0.15, 0.2) is 84.6 Å². The van der Waals surface area contributed by atoms with Crippen LogP contribution in [0.3, 0.4) is 0 Å². The lowest BCUT2D eigenvalue weighted by atomic mass is 9.49. The molecule has 12 nitrogen and oxygen atoms in total. The SMILES string of the molecule is Cc1cc(C2C3=CCC4C(=O)N(c5ccc(C(=O)O)c(O)c5)C(=O)C4C3CC3C(=O)N(Nc4ncc(C(F)(F)F)cc4Cl)C(=O)C32c2ccc(Cl)cc2)ccc1O. The highest BCUT2D eigenvalue weighted by Crippen LogP contribution is 2.64. The molecule has 0 spiro atoms. The van der Waals surface area contributed by atoms with Crippen LogP contribution in [0.4, 0.5) is 24.7 Å². The number of hydrazine groups is 1. The number of imide groups is 2. The summed E-state index contributed by atoms with van der Waals surface area (Å²) in [5.41, 5.74) is 0.979. The van der Waals surface area contributed by atoms with Crippen LogP contribution in [-0.2, 0) is 30.8 Å². The Morgan fingerprint density at radius 2 is 1.63 bits per heavy atom. The normalized spacial score (nSPS) is 25.6. The van der Waals surface area contributed by atoms with E-state index in [0.717, 1.165) is 17.0 Å². The van der Waals surface area contributed by atoms with Crippen molar-refractivity contribution < 1.29 is 52.5 Å². The maximum atomic E-state index is 15.3. The van der Waals surface area contributed by atoms with Gasteiger partial charge in [0.15, 0.2) is 5.82 Å². The van der Waals surface area contributed by atoms with Gasteiger partial charge in [0.05, 0.1) is 39.4 Å². The number of pyridine rings is 1. The van der Waals surface area contributed by atoms with E-state index in [9.17, 15) is 47.7 Å². The predicted molar refractivity (Wildman–Crippen MR) is 197 cm³/mol. The first-order valence-electron chi connectivity index (χ1n) is 17.5. The fourth-order valence-corrected chi connectivity index (χ4v) is 9.45. The molecule has 2 aliphatic heterocycles. The van der Waals surface area contributed by atoms with E-state index in [1.807, 2.05) is 0 Å². The maximum Gasteiger partial charge on any atom is 0.417 e. The van der Waals surface area contributed by atoms with Gasteiger partial charge in [-0.25, -0.2) is 14.7 Å². The molecule has 3 aromatic carbocycles. The number of amides is 4. The quantitative estimate of drug-likeness (QED) is 0.117. The maximum absolute atomic E-state index is 15.3. The van der Waals surface area contributed by atoms with Gasteiger partial charge in [-0.15, -0.1) is 0 Å². The Morgan fingerprint density at radius 3 is 2.26 bits per heavy atom. The lowest BCUT2D eigenvalue weighted by Crippen LogP contribution is -2.53. The number of carbonyl (C=O) groups is 5. The molecule has 4 amide bonds. The summed E-state index contributed by atoms with van der Waals surface area (Å²) in [6.45, 7) is 1.65. The lowest BCUT2D eigenvalue weighted by molar-refractivity contribution is -0.139. The van der Waals surface area contributed by atoms with Crippen molar-refractivity contribution in [3.05, 3.63) is 122 Å². The monoisotopic (exact) mass is 820 g/mol. The second-order valence-electron chi connectivity index (χ2n) is 14.5. The minimum Gasteiger partial charge on any atom is -0.508 e. The molecule has 4 aromatic rings. The molecule has 17 heteroatoms. The first-order chi connectivity index (χ1) is 26.9. The van der Waals surface area contributed by atoms with Crippen LogP contribution in [0, 0.1) is 30.6 Å². The number of aryl methyl sites for hydroxylation is 1. The number of nitrogens with zero attached hydrogens (tertiary/aromatic N) is 3. The van der Waals surface area contributed by atoms with Crippen molar-refractivity contribution in [3.63, 3.8) is 0 Å². The minimum atomic E-state index is -4.78. The van der Waals surface area contributed by atoms with E-state index >= 15 is 4.79 Å². The van der Waals surface area contributed by atoms with Crippen LogP contribution in [0.1, 0.15) is 51.4 Å². The Morgan fingerprint density at radius 1 is 0.912 bits per heavy atom. The minimum absolute atomic E-state index is 0.0425. The van der Waals surface area contributed by atoms with Gasteiger partial charge in [-0.1, -0.05) is 59.1 Å². The Balaban J connectivity index is 1.29. The van der Waals surface area contributed by atoms with Gasteiger partial charge >= 0.3 is 12.1 Å². The van der Waals surface area contributed by atoms with Crippen molar-refractivity contribution in [1.82, 2.24) is 9.99 Å². The topological polar surface area (TPSA) is 177 Å². The fourth-order valence-electron chi connectivity index (χ4n) is 9.11. The molecule has 1 saturated carbocycles. The van der Waals surface area contributed by atoms with Crippen LogP contribution >= 0.6 is 23.2 Å². The van der Waals surface area contributed by atoms with Gasteiger partial charge < -0.3 is 15.3 Å². The number of hydrogen-bond acceptors (Lipinski definition) is 9. The number of carboxylic acid groups (broad SMARTS) is 1. The smallest absolute Gasteiger partial charge is 0.417 e. The van der Waals surface area contributed by atoms with Crippen molar-refractivity contribution in [1.29, 1.82) is 0 Å². The molecule has 292 valence electrons. The largest absolute Gasteiger partial charge is 0.508 e. The molecule has 6 atom stereocenters. The van der Waals surface area contributed by atoms with Crippen LogP contribution in [-0.4, -0.2) is 54.9 Å². The van der Waals surface area contributed by atoms with Crippen LogP contribution in [0.5, 0.6) is 11.5 Å². The number of rotatable bonds is 6. The molecule has 4 N–H and O–H groups in total. The van der Waals surface area contributed by atoms with Gasteiger partial charge in [0.1, 0.15) is 17.1 Å². The van der Waals surface area contributed by atoms with Crippen LogP contribution in [0.2, 0.25) is 10.0 Å². The number of benzene rings is 3. The number of carbonyl (C=O) groups excluding carboxylic acids is 4. The molecular formula is C40H29Cl2F3N4O8. The molecule has 8 rings (SSSR count). The van der Waals surface area contributed by atoms with Crippen LogP contribution < -0.4 is 10.3 Å². The number of carboxylic acids is 1. The van der Waals surface area contributed by atoms with E-state index < -0.39 is 98.5 Å². The van der Waals surface area contributed by atoms with Gasteiger partial charge in [-0.3, -0.25) is 24.6 Å². The third kappa shape index (κ3) is 5.73. The van der Waals surface area contributed by atoms with E-state index in [1.54, 1.807) is 49.4 Å². The zero-order valence-corrected chi connectivity index (χ0v) is 30.9. The number of aromatic nitrogens is 1. The molecule has 1 aromatic heterocycles. The number of halogens is 5. The van der Waals surface area contributed by atoms with Gasteiger partial charge in [0, 0.05) is 23.2 Å². The molecule has 4 aliphatic rings. The number of hydrogen-bond donors (Lipinski definition) is 4. The average molecular weight is 822 g/mol. The molecule has 3 fully saturated rings. The molecule has 2 aliphatic carbocycles.